The van der Waals surface area contributed by atoms with Crippen molar-refractivity contribution in [2.24, 2.45) is 0 Å². The smallest absolute Gasteiger partial charge is 0.251 e. The van der Waals surface area contributed by atoms with Gasteiger partial charge in [-0.2, -0.15) is 0 Å². The third kappa shape index (κ3) is 3.55. The predicted molar refractivity (Wildman–Crippen MR) is 77.2 cm³/mol. The number of carbonyl (C=O) groups excluding carboxylic acids is 1. The van der Waals surface area contributed by atoms with Gasteiger partial charge in [0.05, 0.1) is 0 Å². The minimum Gasteiger partial charge on any atom is -0.396 e. The van der Waals surface area contributed by atoms with E-state index in [1.54, 1.807) is 0 Å². The van der Waals surface area contributed by atoms with Gasteiger partial charge < -0.3 is 10.4 Å². The van der Waals surface area contributed by atoms with Gasteiger partial charge in [-0.3, -0.25) is 4.79 Å². The molecule has 0 aromatic heterocycles. The third-order valence-electron chi connectivity index (χ3n) is 3.15. The van der Waals surface area contributed by atoms with Crippen molar-refractivity contribution in [2.75, 3.05) is 13.2 Å². The molecular weight excluding hydrogens is 238 g/mol. The number of rotatable bonds is 6. The average Bonchev–Trinajstić information content (AvgIpc) is 2.46. The van der Waals surface area contributed by atoms with Gasteiger partial charge in [-0.15, -0.1) is 0 Å². The van der Waals surface area contributed by atoms with Crippen LogP contribution in [-0.4, -0.2) is 24.2 Å². The van der Waals surface area contributed by atoms with Crippen LogP contribution in [0.2, 0.25) is 0 Å². The lowest BCUT2D eigenvalue weighted by atomic mass is 10.0. The molecule has 0 aliphatic heterocycles. The summed E-state index contributed by atoms with van der Waals surface area (Å²) >= 11 is 0. The van der Waals surface area contributed by atoms with Crippen molar-refractivity contribution in [2.45, 2.75) is 19.3 Å². The molecule has 0 aliphatic carbocycles. The molecule has 0 saturated heterocycles. The molecule has 2 aromatic carbocycles. The summed E-state index contributed by atoms with van der Waals surface area (Å²) in [6.07, 6.45) is 2.63. The van der Waals surface area contributed by atoms with Crippen molar-refractivity contribution < 1.29 is 9.90 Å². The first kappa shape index (κ1) is 13.6. The summed E-state index contributed by atoms with van der Waals surface area (Å²) in [7, 11) is 0. The molecule has 0 bridgehead atoms. The summed E-state index contributed by atoms with van der Waals surface area (Å²) in [5, 5.41) is 13.7. The maximum Gasteiger partial charge on any atom is 0.251 e. The van der Waals surface area contributed by atoms with Crippen LogP contribution in [0.5, 0.6) is 0 Å². The first-order valence-corrected chi connectivity index (χ1v) is 6.70. The number of unbranched alkanes of at least 4 members (excludes halogenated alkanes) is 2. The maximum atomic E-state index is 12.1. The van der Waals surface area contributed by atoms with Crippen LogP contribution in [0.1, 0.15) is 29.6 Å². The highest BCUT2D eigenvalue weighted by atomic mass is 16.2. The molecule has 0 saturated carbocycles. The number of benzene rings is 2. The molecule has 3 heteroatoms. The number of carbonyl (C=O) groups is 1. The molecule has 0 radical (unpaired) electrons. The van der Waals surface area contributed by atoms with Gasteiger partial charge >= 0.3 is 0 Å². The second kappa shape index (κ2) is 6.90. The Balaban J connectivity index is 2.01. The van der Waals surface area contributed by atoms with Crippen LogP contribution < -0.4 is 5.32 Å². The fourth-order valence-electron chi connectivity index (χ4n) is 2.13. The van der Waals surface area contributed by atoms with Crippen LogP contribution >= 0.6 is 0 Å². The van der Waals surface area contributed by atoms with Gasteiger partial charge in [0.1, 0.15) is 0 Å². The molecule has 3 nitrogen and oxygen atoms in total. The van der Waals surface area contributed by atoms with Crippen LogP contribution in [0.25, 0.3) is 10.8 Å². The second-order valence-electron chi connectivity index (χ2n) is 4.57. The number of aliphatic hydroxyl groups excluding tert-OH is 1. The van der Waals surface area contributed by atoms with Crippen LogP contribution in [0.4, 0.5) is 0 Å². The molecule has 19 heavy (non-hydrogen) atoms. The lowest BCUT2D eigenvalue weighted by Crippen LogP contribution is -2.24. The van der Waals surface area contributed by atoms with E-state index in [9.17, 15) is 4.79 Å². The molecule has 0 heterocycles. The Labute approximate surface area is 113 Å². The molecule has 2 rings (SSSR count). The van der Waals surface area contributed by atoms with E-state index in [2.05, 4.69) is 5.32 Å². The molecular formula is C16H19NO2. The molecule has 0 atom stereocenters. The predicted octanol–water partition coefficient (Wildman–Crippen LogP) is 2.73. The minimum atomic E-state index is -0.0270. The normalized spacial score (nSPS) is 10.6. The lowest BCUT2D eigenvalue weighted by Gasteiger charge is -2.07. The minimum absolute atomic E-state index is 0.0270. The Morgan fingerprint density at radius 3 is 2.63 bits per heavy atom. The number of amides is 1. The molecule has 0 aliphatic rings. The van der Waals surface area contributed by atoms with Crippen LogP contribution in [0, 0.1) is 0 Å². The number of hydrogen-bond donors (Lipinski definition) is 2. The van der Waals surface area contributed by atoms with Gasteiger partial charge in [-0.1, -0.05) is 36.4 Å². The third-order valence-corrected chi connectivity index (χ3v) is 3.15. The number of aliphatic hydroxyl groups is 1. The standard InChI is InChI=1S/C16H19NO2/c18-12-5-1-4-11-17-16(19)15-10-6-8-13-7-2-3-9-14(13)15/h2-3,6-10,18H,1,4-5,11-12H2,(H,17,19). The molecule has 2 N–H and O–H groups in total. The lowest BCUT2D eigenvalue weighted by molar-refractivity contribution is 0.0954. The zero-order valence-electron chi connectivity index (χ0n) is 10.9. The molecule has 0 unspecified atom stereocenters. The molecule has 100 valence electrons. The second-order valence-corrected chi connectivity index (χ2v) is 4.57. The Kier molecular flexibility index (Phi) is 4.93. The van der Waals surface area contributed by atoms with Gasteiger partial charge in [0.15, 0.2) is 0 Å². The summed E-state index contributed by atoms with van der Waals surface area (Å²) in [6, 6.07) is 13.7. The fraction of sp³-hybridized carbons (Fsp3) is 0.312. The van der Waals surface area contributed by atoms with Gasteiger partial charge in [-0.05, 0) is 36.1 Å². The van der Waals surface area contributed by atoms with Crippen molar-refractivity contribution in [3.8, 4) is 0 Å². The van der Waals surface area contributed by atoms with E-state index in [1.165, 1.54) is 0 Å². The summed E-state index contributed by atoms with van der Waals surface area (Å²) in [4.78, 5) is 12.1. The van der Waals surface area contributed by atoms with E-state index >= 15 is 0 Å². The highest BCUT2D eigenvalue weighted by Gasteiger charge is 2.08. The molecule has 1 amide bonds. The summed E-state index contributed by atoms with van der Waals surface area (Å²) in [6.45, 7) is 0.874. The van der Waals surface area contributed by atoms with Gasteiger partial charge in [0.25, 0.3) is 5.91 Å². The number of hydrogen-bond acceptors (Lipinski definition) is 2. The highest BCUT2D eigenvalue weighted by Crippen LogP contribution is 2.18. The van der Waals surface area contributed by atoms with Crippen molar-refractivity contribution in [1.29, 1.82) is 0 Å². The Morgan fingerprint density at radius 2 is 1.79 bits per heavy atom. The van der Waals surface area contributed by atoms with E-state index in [-0.39, 0.29) is 12.5 Å². The van der Waals surface area contributed by atoms with Crippen molar-refractivity contribution in [3.63, 3.8) is 0 Å². The summed E-state index contributed by atoms with van der Waals surface area (Å²) in [5.41, 5.74) is 0.722. The fourth-order valence-corrected chi connectivity index (χ4v) is 2.13. The van der Waals surface area contributed by atoms with Gasteiger partial charge in [0.2, 0.25) is 0 Å². The summed E-state index contributed by atoms with van der Waals surface area (Å²) in [5.74, 6) is -0.0270. The van der Waals surface area contributed by atoms with Crippen LogP contribution in [0.15, 0.2) is 42.5 Å². The number of fused-ring (bicyclic) bond motifs is 1. The zero-order valence-corrected chi connectivity index (χ0v) is 10.9. The Bertz CT molecular complexity index is 546. The average molecular weight is 257 g/mol. The van der Waals surface area contributed by atoms with E-state index in [4.69, 9.17) is 5.11 Å². The first-order valence-electron chi connectivity index (χ1n) is 6.70. The molecule has 0 spiro atoms. The van der Waals surface area contributed by atoms with E-state index in [0.717, 1.165) is 35.6 Å². The van der Waals surface area contributed by atoms with Crippen LogP contribution in [-0.2, 0) is 0 Å². The Hall–Kier alpha value is -1.87. The quantitative estimate of drug-likeness (QED) is 0.782. The Morgan fingerprint density at radius 1 is 1.00 bits per heavy atom. The maximum absolute atomic E-state index is 12.1. The van der Waals surface area contributed by atoms with Gasteiger partial charge in [0, 0.05) is 18.7 Å². The monoisotopic (exact) mass is 257 g/mol. The van der Waals surface area contributed by atoms with E-state index in [1.807, 2.05) is 42.5 Å². The topological polar surface area (TPSA) is 49.3 Å². The van der Waals surface area contributed by atoms with Crippen molar-refractivity contribution in [3.05, 3.63) is 48.0 Å². The molecule has 2 aromatic rings. The zero-order chi connectivity index (χ0) is 13.5. The van der Waals surface area contributed by atoms with Crippen molar-refractivity contribution in [1.82, 2.24) is 5.32 Å². The van der Waals surface area contributed by atoms with E-state index < -0.39 is 0 Å². The SMILES string of the molecule is O=C(NCCCCCO)c1cccc2ccccc12. The van der Waals surface area contributed by atoms with Crippen molar-refractivity contribution >= 4 is 16.7 Å². The van der Waals surface area contributed by atoms with Gasteiger partial charge in [-0.25, -0.2) is 0 Å². The first-order chi connectivity index (χ1) is 9.33. The largest absolute Gasteiger partial charge is 0.396 e. The van der Waals surface area contributed by atoms with Crippen LogP contribution in [0.3, 0.4) is 0 Å². The summed E-state index contributed by atoms with van der Waals surface area (Å²) < 4.78 is 0. The molecule has 0 fully saturated rings. The highest BCUT2D eigenvalue weighted by molar-refractivity contribution is 6.06. The number of nitrogens with one attached hydrogen (secondary N) is 1. The van der Waals surface area contributed by atoms with E-state index in [0.29, 0.717) is 6.54 Å².